The zero-order valence-electron chi connectivity index (χ0n) is 10.1. The van der Waals surface area contributed by atoms with E-state index in [0.29, 0.717) is 0 Å². The van der Waals surface area contributed by atoms with Gasteiger partial charge in [0.15, 0.2) is 0 Å². The number of rotatable bonds is 2. The number of carbonyl (C=O) groups is 2. The summed E-state index contributed by atoms with van der Waals surface area (Å²) in [5, 5.41) is 26.3. The first-order valence-corrected chi connectivity index (χ1v) is 5.23. The number of aromatic carboxylic acids is 1. The summed E-state index contributed by atoms with van der Waals surface area (Å²) in [6.45, 7) is 0. The monoisotopic (exact) mass is 277 g/mol. The molecule has 0 radical (unpaired) electrons. The van der Waals surface area contributed by atoms with Crippen molar-refractivity contribution in [2.24, 2.45) is 5.73 Å². The van der Waals surface area contributed by atoms with Gasteiger partial charge in [0, 0.05) is 12.4 Å². The number of carbonyl (C=O) groups excluding carboxylic acids is 1. The van der Waals surface area contributed by atoms with Gasteiger partial charge in [0.2, 0.25) is 0 Å². The highest BCUT2D eigenvalue weighted by molar-refractivity contribution is 5.93. The Bertz CT molecular complexity index is 595. The predicted octanol–water partition coefficient (Wildman–Crippen LogP) is 0.371. The van der Waals surface area contributed by atoms with Gasteiger partial charge in [-0.2, -0.15) is 0 Å². The Labute approximate surface area is 113 Å². The summed E-state index contributed by atoms with van der Waals surface area (Å²) >= 11 is 0. The molecular formula is C12H11N3O5. The lowest BCUT2D eigenvalue weighted by molar-refractivity contribution is 0.0690. The number of hydrogen-bond acceptors (Lipinski definition) is 6. The summed E-state index contributed by atoms with van der Waals surface area (Å²) in [4.78, 5) is 27.9. The van der Waals surface area contributed by atoms with E-state index in [4.69, 9.17) is 21.1 Å². The fraction of sp³-hybridized carbons (Fsp3) is 0. The number of benzene rings is 1. The minimum absolute atomic E-state index is 0.192. The van der Waals surface area contributed by atoms with Crippen LogP contribution in [0.4, 0.5) is 0 Å². The van der Waals surface area contributed by atoms with Crippen LogP contribution >= 0.6 is 0 Å². The average molecular weight is 277 g/mol. The van der Waals surface area contributed by atoms with Crippen molar-refractivity contribution in [3.8, 4) is 11.5 Å². The molecule has 0 fully saturated rings. The molecule has 8 nitrogen and oxygen atoms in total. The van der Waals surface area contributed by atoms with E-state index in [-0.39, 0.29) is 5.69 Å². The maximum absolute atomic E-state index is 10.3. The molecule has 0 aliphatic carbocycles. The first-order valence-electron chi connectivity index (χ1n) is 5.23. The van der Waals surface area contributed by atoms with Gasteiger partial charge in [0.25, 0.3) is 5.91 Å². The topological polar surface area (TPSA) is 147 Å². The van der Waals surface area contributed by atoms with E-state index in [0.717, 1.165) is 0 Å². The number of nitrogens with zero attached hydrogens (tertiary/aromatic N) is 2. The molecule has 1 heterocycles. The maximum atomic E-state index is 10.3. The second kappa shape index (κ2) is 6.69. The third-order valence-electron chi connectivity index (χ3n) is 2.05. The van der Waals surface area contributed by atoms with Gasteiger partial charge in [-0.1, -0.05) is 6.07 Å². The normalized spacial score (nSPS) is 9.20. The zero-order chi connectivity index (χ0) is 15.1. The van der Waals surface area contributed by atoms with E-state index in [1.165, 1.54) is 36.8 Å². The average Bonchev–Trinajstić information content (AvgIpc) is 2.40. The van der Waals surface area contributed by atoms with Crippen molar-refractivity contribution >= 4 is 11.9 Å². The first-order chi connectivity index (χ1) is 9.43. The Morgan fingerprint density at radius 1 is 1.10 bits per heavy atom. The Kier molecular flexibility index (Phi) is 4.98. The molecule has 1 aromatic carbocycles. The molecular weight excluding hydrogens is 266 g/mol. The van der Waals surface area contributed by atoms with Crippen molar-refractivity contribution in [2.75, 3.05) is 0 Å². The third kappa shape index (κ3) is 3.95. The molecule has 0 aliphatic heterocycles. The lowest BCUT2D eigenvalue weighted by Gasteiger charge is -1.99. The maximum Gasteiger partial charge on any atom is 0.343 e. The highest BCUT2D eigenvalue weighted by atomic mass is 16.4. The number of carboxylic acid groups (broad SMARTS) is 1. The number of carboxylic acids is 1. The lowest BCUT2D eigenvalue weighted by atomic mass is 10.2. The van der Waals surface area contributed by atoms with Crippen LogP contribution in [-0.4, -0.2) is 37.2 Å². The number of primary amides is 1. The molecule has 0 atom stereocenters. The van der Waals surface area contributed by atoms with Crippen LogP contribution in [0.25, 0.3) is 0 Å². The van der Waals surface area contributed by atoms with Crippen LogP contribution in [0.2, 0.25) is 0 Å². The van der Waals surface area contributed by atoms with Gasteiger partial charge in [0.05, 0.1) is 6.20 Å². The summed E-state index contributed by atoms with van der Waals surface area (Å²) in [6.07, 6.45) is 4.22. The van der Waals surface area contributed by atoms with E-state index in [1.807, 2.05) is 0 Å². The van der Waals surface area contributed by atoms with Gasteiger partial charge in [-0.15, -0.1) is 0 Å². The summed E-state index contributed by atoms with van der Waals surface area (Å²) in [7, 11) is 0. The number of amides is 1. The summed E-state index contributed by atoms with van der Waals surface area (Å²) in [6, 6.07) is 3.75. The van der Waals surface area contributed by atoms with Gasteiger partial charge < -0.3 is 21.1 Å². The fourth-order valence-electron chi connectivity index (χ4n) is 1.17. The molecule has 5 N–H and O–H groups in total. The van der Waals surface area contributed by atoms with Crippen LogP contribution in [0.1, 0.15) is 20.8 Å². The molecule has 0 bridgehead atoms. The van der Waals surface area contributed by atoms with Crippen molar-refractivity contribution in [1.29, 1.82) is 0 Å². The smallest absolute Gasteiger partial charge is 0.343 e. The molecule has 1 amide bonds. The van der Waals surface area contributed by atoms with E-state index in [2.05, 4.69) is 9.97 Å². The van der Waals surface area contributed by atoms with Gasteiger partial charge in [-0.05, 0) is 12.1 Å². The van der Waals surface area contributed by atoms with Gasteiger partial charge in [0.1, 0.15) is 22.8 Å². The first kappa shape index (κ1) is 14.9. The number of aromatic nitrogens is 2. The fourth-order valence-corrected chi connectivity index (χ4v) is 1.17. The Hall–Kier alpha value is -3.16. The molecule has 8 heteroatoms. The van der Waals surface area contributed by atoms with Crippen LogP contribution in [0.5, 0.6) is 11.5 Å². The van der Waals surface area contributed by atoms with Crippen molar-refractivity contribution in [3.63, 3.8) is 0 Å². The SMILES string of the molecule is NC(=O)c1cnccn1.O=C(O)c1c(O)cccc1O. The van der Waals surface area contributed by atoms with Crippen molar-refractivity contribution in [3.05, 3.63) is 48.0 Å². The Morgan fingerprint density at radius 2 is 1.70 bits per heavy atom. The number of nitrogens with two attached hydrogens (primary N) is 1. The number of hydrogen-bond donors (Lipinski definition) is 4. The van der Waals surface area contributed by atoms with E-state index in [9.17, 15) is 9.59 Å². The molecule has 0 spiro atoms. The highest BCUT2D eigenvalue weighted by Crippen LogP contribution is 2.25. The summed E-state index contributed by atoms with van der Waals surface area (Å²) in [5.74, 6) is -2.77. The van der Waals surface area contributed by atoms with E-state index < -0.39 is 28.9 Å². The largest absolute Gasteiger partial charge is 0.507 e. The molecule has 0 unspecified atom stereocenters. The summed E-state index contributed by atoms with van der Waals surface area (Å²) < 4.78 is 0. The molecule has 1 aromatic heterocycles. The third-order valence-corrected chi connectivity index (χ3v) is 2.05. The van der Waals surface area contributed by atoms with Crippen LogP contribution in [0.15, 0.2) is 36.8 Å². The van der Waals surface area contributed by atoms with Gasteiger partial charge >= 0.3 is 5.97 Å². The molecule has 0 aliphatic rings. The van der Waals surface area contributed by atoms with Crippen molar-refractivity contribution in [2.45, 2.75) is 0 Å². The molecule has 2 rings (SSSR count). The molecule has 104 valence electrons. The van der Waals surface area contributed by atoms with Crippen LogP contribution in [0.3, 0.4) is 0 Å². The zero-order valence-corrected chi connectivity index (χ0v) is 10.1. The Morgan fingerprint density at radius 3 is 2.00 bits per heavy atom. The number of phenols is 2. The minimum atomic E-state index is -1.35. The second-order valence-electron chi connectivity index (χ2n) is 3.43. The van der Waals surface area contributed by atoms with E-state index >= 15 is 0 Å². The van der Waals surface area contributed by atoms with Crippen molar-refractivity contribution in [1.82, 2.24) is 9.97 Å². The van der Waals surface area contributed by atoms with Crippen LogP contribution in [-0.2, 0) is 0 Å². The standard InChI is InChI=1S/C7H6O4.C5H5N3O/c8-4-2-1-3-5(9)6(4)7(10)11;6-5(9)4-3-7-1-2-8-4/h1-3,8-9H,(H,10,11);1-3H,(H2,6,9). The molecule has 0 saturated heterocycles. The van der Waals surface area contributed by atoms with Gasteiger partial charge in [-0.3, -0.25) is 9.78 Å². The molecule has 0 saturated carbocycles. The van der Waals surface area contributed by atoms with Gasteiger partial charge in [-0.25, -0.2) is 9.78 Å². The minimum Gasteiger partial charge on any atom is -0.507 e. The van der Waals surface area contributed by atoms with Crippen LogP contribution in [0, 0.1) is 0 Å². The lowest BCUT2D eigenvalue weighted by Crippen LogP contribution is -2.12. The predicted molar refractivity (Wildman–Crippen MR) is 67.3 cm³/mol. The van der Waals surface area contributed by atoms with Crippen LogP contribution < -0.4 is 5.73 Å². The quantitative estimate of drug-likeness (QED) is 0.620. The Balaban J connectivity index is 0.000000204. The van der Waals surface area contributed by atoms with E-state index in [1.54, 1.807) is 0 Å². The van der Waals surface area contributed by atoms with Crippen molar-refractivity contribution < 1.29 is 24.9 Å². The molecule has 2 aromatic rings. The number of aromatic hydroxyl groups is 2. The summed E-state index contributed by atoms with van der Waals surface area (Å²) in [5.41, 5.74) is 4.60. The molecule has 20 heavy (non-hydrogen) atoms. The second-order valence-corrected chi connectivity index (χ2v) is 3.43. The highest BCUT2D eigenvalue weighted by Gasteiger charge is 2.13.